The van der Waals surface area contributed by atoms with Crippen LogP contribution < -0.4 is 5.73 Å². The highest BCUT2D eigenvalue weighted by molar-refractivity contribution is 6.31. The average Bonchev–Trinajstić information content (AvgIpc) is 2.20. The monoisotopic (exact) mass is 218 g/mol. The second-order valence-electron chi connectivity index (χ2n) is 2.84. The molecule has 0 aromatic carbocycles. The Morgan fingerprint density at radius 2 is 2.14 bits per heavy atom. The fourth-order valence-corrected chi connectivity index (χ4v) is 1.07. The maximum Gasteiger partial charge on any atom is 0.151 e. The van der Waals surface area contributed by atoms with Gasteiger partial charge in [-0.05, 0) is 6.07 Å². The van der Waals surface area contributed by atoms with Gasteiger partial charge in [-0.25, -0.2) is 4.98 Å². The zero-order chi connectivity index (χ0) is 10.7. The number of aromatic nitrogens is 1. The van der Waals surface area contributed by atoms with Crippen molar-refractivity contribution in [2.45, 2.75) is 12.2 Å². The lowest BCUT2D eigenvalue weighted by Gasteiger charge is -2.15. The molecule has 0 bridgehead atoms. The van der Waals surface area contributed by atoms with Crippen molar-refractivity contribution in [1.82, 2.24) is 4.98 Å². The molecule has 6 heteroatoms. The Balaban J connectivity index is 2.91. The summed E-state index contributed by atoms with van der Waals surface area (Å²) < 4.78 is 0. The van der Waals surface area contributed by atoms with Gasteiger partial charge >= 0.3 is 0 Å². The van der Waals surface area contributed by atoms with E-state index in [-0.39, 0.29) is 10.8 Å². The van der Waals surface area contributed by atoms with Gasteiger partial charge in [0.1, 0.15) is 12.2 Å². The molecular weight excluding hydrogens is 208 g/mol. The zero-order valence-corrected chi connectivity index (χ0v) is 8.02. The van der Waals surface area contributed by atoms with Crippen LogP contribution in [0.2, 0.25) is 5.15 Å². The number of rotatable bonds is 3. The predicted octanol–water partition coefficient (Wildman–Crippen LogP) is -0.296. The van der Waals surface area contributed by atoms with Crippen LogP contribution in [0.1, 0.15) is 11.7 Å². The van der Waals surface area contributed by atoms with E-state index in [1.807, 2.05) is 0 Å². The molecule has 1 aromatic rings. The third-order valence-electron chi connectivity index (χ3n) is 1.78. The highest BCUT2D eigenvalue weighted by atomic mass is 35.5. The Labute approximate surface area is 85.8 Å². The molecular formula is C8H11ClN2O3. The van der Waals surface area contributed by atoms with Gasteiger partial charge in [0.05, 0.1) is 12.3 Å². The molecule has 0 saturated carbocycles. The first-order valence-corrected chi connectivity index (χ1v) is 4.32. The molecule has 0 spiro atoms. The minimum atomic E-state index is -1.25. The van der Waals surface area contributed by atoms with Crippen LogP contribution in [0.4, 0.5) is 5.69 Å². The molecule has 1 rings (SSSR count). The molecule has 78 valence electrons. The topological polar surface area (TPSA) is 99.6 Å². The van der Waals surface area contributed by atoms with E-state index in [0.29, 0.717) is 5.56 Å². The molecule has 0 aliphatic rings. The standard InChI is InChI=1S/C8H11ClN2O3/c9-8-5(10)1-4(2-11-8)7(14)6(13)3-12/h1-2,6-7,12-14H,3,10H2. The predicted molar refractivity (Wildman–Crippen MR) is 51.7 cm³/mol. The highest BCUT2D eigenvalue weighted by Gasteiger charge is 2.18. The number of hydrogen-bond donors (Lipinski definition) is 4. The van der Waals surface area contributed by atoms with Gasteiger partial charge in [0.2, 0.25) is 0 Å². The maximum atomic E-state index is 9.46. The first-order chi connectivity index (χ1) is 6.56. The summed E-state index contributed by atoms with van der Waals surface area (Å²) in [5.74, 6) is 0. The SMILES string of the molecule is Nc1cc(C(O)C(O)CO)cnc1Cl. The summed E-state index contributed by atoms with van der Waals surface area (Å²) in [4.78, 5) is 3.70. The summed E-state index contributed by atoms with van der Waals surface area (Å²) in [6.07, 6.45) is -1.17. The number of halogens is 1. The summed E-state index contributed by atoms with van der Waals surface area (Å²) in [6, 6.07) is 1.40. The lowest BCUT2D eigenvalue weighted by atomic mass is 10.1. The van der Waals surface area contributed by atoms with Gasteiger partial charge in [-0.3, -0.25) is 0 Å². The molecule has 1 aromatic heterocycles. The van der Waals surface area contributed by atoms with Gasteiger partial charge in [-0.2, -0.15) is 0 Å². The van der Waals surface area contributed by atoms with Crippen LogP contribution in [0.25, 0.3) is 0 Å². The Bertz CT molecular complexity index is 321. The average molecular weight is 219 g/mol. The maximum absolute atomic E-state index is 9.46. The van der Waals surface area contributed by atoms with Gasteiger partial charge in [0, 0.05) is 11.8 Å². The van der Waals surface area contributed by atoms with Crippen molar-refractivity contribution in [3.8, 4) is 0 Å². The third-order valence-corrected chi connectivity index (χ3v) is 2.10. The normalized spacial score (nSPS) is 15.1. The molecule has 1 heterocycles. The van der Waals surface area contributed by atoms with Crippen LogP contribution in [0.15, 0.2) is 12.3 Å². The largest absolute Gasteiger partial charge is 0.396 e. The Morgan fingerprint density at radius 1 is 1.50 bits per heavy atom. The van der Waals surface area contributed by atoms with Crippen molar-refractivity contribution in [1.29, 1.82) is 0 Å². The number of aliphatic hydroxyl groups excluding tert-OH is 3. The number of nitrogen functional groups attached to an aromatic ring is 1. The van der Waals surface area contributed by atoms with E-state index in [2.05, 4.69) is 4.98 Å². The second kappa shape index (κ2) is 4.56. The summed E-state index contributed by atoms with van der Waals surface area (Å²) in [5.41, 5.74) is 5.98. The minimum absolute atomic E-state index is 0.138. The van der Waals surface area contributed by atoms with Crippen LogP contribution in [0.3, 0.4) is 0 Å². The highest BCUT2D eigenvalue weighted by Crippen LogP contribution is 2.22. The number of nitrogens with zero attached hydrogens (tertiary/aromatic N) is 1. The zero-order valence-electron chi connectivity index (χ0n) is 7.26. The van der Waals surface area contributed by atoms with Crippen molar-refractivity contribution < 1.29 is 15.3 Å². The second-order valence-corrected chi connectivity index (χ2v) is 3.20. The van der Waals surface area contributed by atoms with Crippen LogP contribution in [-0.2, 0) is 0 Å². The van der Waals surface area contributed by atoms with E-state index in [1.54, 1.807) is 0 Å². The van der Waals surface area contributed by atoms with Crippen LogP contribution in [0.5, 0.6) is 0 Å². The first-order valence-electron chi connectivity index (χ1n) is 3.94. The number of nitrogens with two attached hydrogens (primary N) is 1. The van der Waals surface area contributed by atoms with Crippen molar-refractivity contribution in [2.75, 3.05) is 12.3 Å². The number of anilines is 1. The molecule has 2 unspecified atom stereocenters. The summed E-state index contributed by atoms with van der Waals surface area (Å²) in [7, 11) is 0. The third kappa shape index (κ3) is 2.33. The number of pyridine rings is 1. The van der Waals surface area contributed by atoms with Crippen molar-refractivity contribution in [3.63, 3.8) is 0 Å². The van der Waals surface area contributed by atoms with E-state index in [4.69, 9.17) is 27.5 Å². The van der Waals surface area contributed by atoms with E-state index < -0.39 is 18.8 Å². The summed E-state index contributed by atoms with van der Waals surface area (Å²) in [5, 5.41) is 27.3. The smallest absolute Gasteiger partial charge is 0.151 e. The van der Waals surface area contributed by atoms with E-state index >= 15 is 0 Å². The van der Waals surface area contributed by atoms with E-state index in [1.165, 1.54) is 12.3 Å². The first kappa shape index (κ1) is 11.2. The molecule has 0 amide bonds. The van der Waals surface area contributed by atoms with Gasteiger partial charge in [-0.1, -0.05) is 11.6 Å². The quantitative estimate of drug-likeness (QED) is 0.523. The van der Waals surface area contributed by atoms with Crippen LogP contribution >= 0.6 is 11.6 Å². The molecule has 0 aliphatic heterocycles. The van der Waals surface area contributed by atoms with Gasteiger partial charge < -0.3 is 21.1 Å². The van der Waals surface area contributed by atoms with Crippen molar-refractivity contribution in [3.05, 3.63) is 23.0 Å². The van der Waals surface area contributed by atoms with E-state index in [9.17, 15) is 5.11 Å². The Morgan fingerprint density at radius 3 is 2.64 bits per heavy atom. The minimum Gasteiger partial charge on any atom is -0.396 e. The van der Waals surface area contributed by atoms with Crippen molar-refractivity contribution in [2.24, 2.45) is 0 Å². The van der Waals surface area contributed by atoms with E-state index in [0.717, 1.165) is 0 Å². The van der Waals surface area contributed by atoms with Gasteiger partial charge in [0.25, 0.3) is 0 Å². The molecule has 5 nitrogen and oxygen atoms in total. The molecule has 0 radical (unpaired) electrons. The Hall–Kier alpha value is -0.880. The van der Waals surface area contributed by atoms with Gasteiger partial charge in [0.15, 0.2) is 5.15 Å². The number of hydrogen-bond acceptors (Lipinski definition) is 5. The fraction of sp³-hybridized carbons (Fsp3) is 0.375. The Kier molecular flexibility index (Phi) is 3.65. The summed E-state index contributed by atoms with van der Waals surface area (Å²) in [6.45, 7) is -0.538. The fourth-order valence-electron chi connectivity index (χ4n) is 0.966. The lowest BCUT2D eigenvalue weighted by molar-refractivity contribution is -0.0153. The molecule has 14 heavy (non-hydrogen) atoms. The van der Waals surface area contributed by atoms with Crippen LogP contribution in [-0.4, -0.2) is 33.0 Å². The lowest BCUT2D eigenvalue weighted by Crippen LogP contribution is -2.22. The molecule has 0 fully saturated rings. The van der Waals surface area contributed by atoms with Crippen LogP contribution in [0, 0.1) is 0 Å². The van der Waals surface area contributed by atoms with Crippen molar-refractivity contribution >= 4 is 17.3 Å². The molecule has 0 aliphatic carbocycles. The molecule has 2 atom stereocenters. The van der Waals surface area contributed by atoms with Gasteiger partial charge in [-0.15, -0.1) is 0 Å². The molecule has 5 N–H and O–H groups in total. The summed E-state index contributed by atoms with van der Waals surface area (Å²) >= 11 is 5.57. The number of aliphatic hydroxyl groups is 3. The molecule has 0 saturated heterocycles.